The van der Waals surface area contributed by atoms with E-state index in [0.29, 0.717) is 18.1 Å². The van der Waals surface area contributed by atoms with Crippen LogP contribution < -0.4 is 9.47 Å². The molecule has 1 aromatic heterocycles. The molecule has 7 heteroatoms. The number of aromatic nitrogens is 2. The number of nitrogens with zero attached hydrogens (tertiary/aromatic N) is 3. The molecule has 1 heterocycles. The highest BCUT2D eigenvalue weighted by atomic mass is 16.6. The van der Waals surface area contributed by atoms with Crippen LogP contribution in [0.5, 0.6) is 17.2 Å². The third-order valence-electron chi connectivity index (χ3n) is 2.34. The third kappa shape index (κ3) is 3.01. The number of nitro benzene ring substituents is 1. The Hall–Kier alpha value is -2.57. The zero-order valence-corrected chi connectivity index (χ0v) is 10.6. The van der Waals surface area contributed by atoms with E-state index in [-0.39, 0.29) is 11.4 Å². The van der Waals surface area contributed by atoms with E-state index < -0.39 is 4.92 Å². The van der Waals surface area contributed by atoms with Gasteiger partial charge < -0.3 is 9.47 Å². The lowest BCUT2D eigenvalue weighted by Gasteiger charge is -2.07. The second kappa shape index (κ2) is 5.38. The first-order valence-corrected chi connectivity index (χ1v) is 5.68. The van der Waals surface area contributed by atoms with E-state index in [0.717, 1.165) is 0 Å². The summed E-state index contributed by atoms with van der Waals surface area (Å²) in [6.07, 6.45) is 3.25. The van der Waals surface area contributed by atoms with Crippen molar-refractivity contribution < 1.29 is 14.4 Å². The van der Waals surface area contributed by atoms with E-state index in [1.165, 1.54) is 18.2 Å². The minimum absolute atomic E-state index is 0.0830. The first-order valence-electron chi connectivity index (χ1n) is 5.68. The number of rotatable bonds is 5. The summed E-state index contributed by atoms with van der Waals surface area (Å²) < 4.78 is 12.4. The molecule has 0 atom stereocenters. The molecular weight excluding hydrogens is 250 g/mol. The van der Waals surface area contributed by atoms with Gasteiger partial charge in [-0.1, -0.05) is 0 Å². The van der Waals surface area contributed by atoms with Gasteiger partial charge in [0.2, 0.25) is 5.75 Å². The summed E-state index contributed by atoms with van der Waals surface area (Å²) in [6, 6.07) is 4.37. The van der Waals surface area contributed by atoms with Gasteiger partial charge in [-0.15, -0.1) is 0 Å². The number of aryl methyl sites for hydroxylation is 1. The molecule has 0 aliphatic rings. The number of benzene rings is 1. The Balaban J connectivity index is 2.27. The monoisotopic (exact) mass is 263 g/mol. The van der Waals surface area contributed by atoms with E-state index in [1.54, 1.807) is 31.0 Å². The molecule has 0 saturated heterocycles. The summed E-state index contributed by atoms with van der Waals surface area (Å²) >= 11 is 0. The Bertz CT molecular complexity index is 594. The van der Waals surface area contributed by atoms with Gasteiger partial charge in [-0.25, -0.2) is 0 Å². The largest absolute Gasteiger partial charge is 0.487 e. The van der Waals surface area contributed by atoms with Crippen LogP contribution in [0.1, 0.15) is 6.92 Å². The Morgan fingerprint density at radius 1 is 1.42 bits per heavy atom. The average Bonchev–Trinajstić information content (AvgIpc) is 2.75. The highest BCUT2D eigenvalue weighted by Gasteiger charge is 2.16. The van der Waals surface area contributed by atoms with E-state index in [4.69, 9.17) is 9.47 Å². The molecule has 2 rings (SSSR count). The van der Waals surface area contributed by atoms with Crippen LogP contribution in [-0.4, -0.2) is 21.3 Å². The van der Waals surface area contributed by atoms with Gasteiger partial charge in [0.25, 0.3) is 0 Å². The zero-order valence-electron chi connectivity index (χ0n) is 10.6. The maximum Gasteiger partial charge on any atom is 0.311 e. The highest BCUT2D eigenvalue weighted by molar-refractivity contribution is 5.51. The molecule has 0 radical (unpaired) electrons. The molecule has 0 spiro atoms. The van der Waals surface area contributed by atoms with Gasteiger partial charge in [-0.05, 0) is 13.0 Å². The molecule has 0 unspecified atom stereocenters. The van der Waals surface area contributed by atoms with Gasteiger partial charge >= 0.3 is 5.69 Å². The SMILES string of the molecule is CCOc1cc(Oc2cnn(C)c2)ccc1[N+](=O)[O-]. The number of hydrogen-bond acceptors (Lipinski definition) is 5. The summed E-state index contributed by atoms with van der Waals surface area (Å²) in [6.45, 7) is 2.11. The summed E-state index contributed by atoms with van der Waals surface area (Å²) in [7, 11) is 1.77. The minimum atomic E-state index is -0.487. The smallest absolute Gasteiger partial charge is 0.311 e. The van der Waals surface area contributed by atoms with Crippen molar-refractivity contribution in [3.05, 3.63) is 40.7 Å². The van der Waals surface area contributed by atoms with E-state index in [2.05, 4.69) is 5.10 Å². The fourth-order valence-corrected chi connectivity index (χ4v) is 1.57. The molecular formula is C12H13N3O4. The fraction of sp³-hybridized carbons (Fsp3) is 0.250. The summed E-state index contributed by atoms with van der Waals surface area (Å²) in [5.41, 5.74) is -0.0830. The van der Waals surface area contributed by atoms with Gasteiger partial charge in [-0.2, -0.15) is 5.10 Å². The summed E-state index contributed by atoms with van der Waals surface area (Å²) in [4.78, 5) is 10.4. The van der Waals surface area contributed by atoms with Gasteiger partial charge in [0.1, 0.15) is 5.75 Å². The molecule has 19 heavy (non-hydrogen) atoms. The van der Waals surface area contributed by atoms with Crippen LogP contribution in [0.3, 0.4) is 0 Å². The topological polar surface area (TPSA) is 79.4 Å². The lowest BCUT2D eigenvalue weighted by Crippen LogP contribution is -1.97. The van der Waals surface area contributed by atoms with E-state index >= 15 is 0 Å². The molecule has 0 bridgehead atoms. The Labute approximate surface area is 109 Å². The van der Waals surface area contributed by atoms with Gasteiger partial charge in [0.05, 0.1) is 23.9 Å². The van der Waals surface area contributed by atoms with Crippen LogP contribution in [0.2, 0.25) is 0 Å². The highest BCUT2D eigenvalue weighted by Crippen LogP contribution is 2.33. The molecule has 2 aromatic rings. The number of ether oxygens (including phenoxy) is 2. The lowest BCUT2D eigenvalue weighted by molar-refractivity contribution is -0.385. The van der Waals surface area contributed by atoms with Crippen LogP contribution in [0.4, 0.5) is 5.69 Å². The van der Waals surface area contributed by atoms with E-state index in [9.17, 15) is 10.1 Å². The molecule has 0 saturated carbocycles. The summed E-state index contributed by atoms with van der Waals surface area (Å²) in [5.74, 6) is 1.20. The molecule has 1 aromatic carbocycles. The minimum Gasteiger partial charge on any atom is -0.487 e. The molecule has 100 valence electrons. The number of nitro groups is 1. The standard InChI is InChI=1S/C12H13N3O4/c1-3-18-12-6-9(4-5-11(12)15(16)17)19-10-7-13-14(2)8-10/h4-8H,3H2,1-2H3. The first kappa shape index (κ1) is 12.9. The quantitative estimate of drug-likeness (QED) is 0.611. The van der Waals surface area contributed by atoms with Crippen molar-refractivity contribution >= 4 is 5.69 Å². The van der Waals surface area contributed by atoms with Crippen LogP contribution in [0.15, 0.2) is 30.6 Å². The Morgan fingerprint density at radius 2 is 2.21 bits per heavy atom. The first-order chi connectivity index (χ1) is 9.10. The average molecular weight is 263 g/mol. The van der Waals surface area contributed by atoms with Crippen LogP contribution >= 0.6 is 0 Å². The maximum absolute atomic E-state index is 10.8. The summed E-state index contributed by atoms with van der Waals surface area (Å²) in [5, 5.41) is 14.8. The van der Waals surface area contributed by atoms with Crippen molar-refractivity contribution in [2.45, 2.75) is 6.92 Å². The van der Waals surface area contributed by atoms with Gasteiger partial charge in [0.15, 0.2) is 5.75 Å². The Morgan fingerprint density at radius 3 is 2.79 bits per heavy atom. The second-order valence-corrected chi connectivity index (χ2v) is 3.77. The van der Waals surface area contributed by atoms with Crippen molar-refractivity contribution in [3.8, 4) is 17.2 Å². The van der Waals surface area contributed by atoms with Crippen molar-refractivity contribution in [2.24, 2.45) is 7.05 Å². The molecule has 0 N–H and O–H groups in total. The molecule has 0 aliphatic heterocycles. The van der Waals surface area contributed by atoms with Crippen LogP contribution in [0.25, 0.3) is 0 Å². The molecule has 0 aliphatic carbocycles. The molecule has 7 nitrogen and oxygen atoms in total. The van der Waals surface area contributed by atoms with Gasteiger partial charge in [-0.3, -0.25) is 14.8 Å². The molecule has 0 fully saturated rings. The van der Waals surface area contributed by atoms with Crippen molar-refractivity contribution in [2.75, 3.05) is 6.61 Å². The Kier molecular flexibility index (Phi) is 3.65. The number of hydrogen-bond donors (Lipinski definition) is 0. The predicted octanol–water partition coefficient (Wildman–Crippen LogP) is 2.52. The fourth-order valence-electron chi connectivity index (χ4n) is 1.57. The van der Waals surface area contributed by atoms with Crippen molar-refractivity contribution in [1.29, 1.82) is 0 Å². The van der Waals surface area contributed by atoms with Crippen molar-refractivity contribution in [3.63, 3.8) is 0 Å². The van der Waals surface area contributed by atoms with Crippen LogP contribution in [-0.2, 0) is 7.05 Å². The molecule has 0 amide bonds. The van der Waals surface area contributed by atoms with Crippen LogP contribution in [0, 0.1) is 10.1 Å². The third-order valence-corrected chi connectivity index (χ3v) is 2.34. The zero-order chi connectivity index (χ0) is 13.8. The van der Waals surface area contributed by atoms with Crippen molar-refractivity contribution in [1.82, 2.24) is 9.78 Å². The normalized spacial score (nSPS) is 10.2. The maximum atomic E-state index is 10.8. The van der Waals surface area contributed by atoms with Gasteiger partial charge in [0, 0.05) is 19.2 Å². The van der Waals surface area contributed by atoms with E-state index in [1.807, 2.05) is 0 Å². The second-order valence-electron chi connectivity index (χ2n) is 3.77. The lowest BCUT2D eigenvalue weighted by atomic mass is 10.3. The predicted molar refractivity (Wildman–Crippen MR) is 67.5 cm³/mol.